The normalized spacial score (nSPS) is 25.1. The average Bonchev–Trinajstić information content (AvgIpc) is 2.42. The number of likely N-dealkylation sites (tertiary alicyclic amines) is 1. The number of aryl methyl sites for hydroxylation is 1. The molecule has 4 heteroatoms. The van der Waals surface area contributed by atoms with Gasteiger partial charge in [0, 0.05) is 19.5 Å². The fourth-order valence-electron chi connectivity index (χ4n) is 2.68. The van der Waals surface area contributed by atoms with E-state index in [9.17, 15) is 9.18 Å². The van der Waals surface area contributed by atoms with Gasteiger partial charge in [-0.2, -0.15) is 0 Å². The maximum Gasteiger partial charge on any atom is 0.222 e. The van der Waals surface area contributed by atoms with Gasteiger partial charge in [0.15, 0.2) is 0 Å². The minimum atomic E-state index is -0.257. The van der Waals surface area contributed by atoms with Gasteiger partial charge in [-0.1, -0.05) is 6.07 Å². The van der Waals surface area contributed by atoms with Crippen LogP contribution in [0, 0.1) is 12.7 Å². The van der Waals surface area contributed by atoms with Crippen LogP contribution in [0.25, 0.3) is 0 Å². The molecular formula is C14H19FN2O. The molecule has 2 N–H and O–H groups in total. The second-order valence-electron chi connectivity index (χ2n) is 5.01. The van der Waals surface area contributed by atoms with Crippen molar-refractivity contribution in [3.05, 3.63) is 35.1 Å². The Morgan fingerprint density at radius 3 is 2.83 bits per heavy atom. The van der Waals surface area contributed by atoms with Gasteiger partial charge in [-0.3, -0.25) is 4.79 Å². The third-order valence-corrected chi connectivity index (χ3v) is 3.69. The van der Waals surface area contributed by atoms with Crippen LogP contribution in [-0.2, 0) is 4.79 Å². The number of nitrogens with two attached hydrogens (primary N) is 1. The predicted octanol–water partition coefficient (Wildman–Crippen LogP) is 2.14. The fraction of sp³-hybridized carbons (Fsp3) is 0.500. The van der Waals surface area contributed by atoms with Gasteiger partial charge in [-0.25, -0.2) is 4.39 Å². The summed E-state index contributed by atoms with van der Waals surface area (Å²) < 4.78 is 13.2. The lowest BCUT2D eigenvalue weighted by Crippen LogP contribution is -2.40. The Balaban J connectivity index is 2.41. The lowest BCUT2D eigenvalue weighted by Gasteiger charge is -2.31. The number of hydrogen-bond acceptors (Lipinski definition) is 2. The SMILES string of the molecule is Cc1cc(F)ccc1C1C(N)CCCC(=O)N1C. The second-order valence-corrected chi connectivity index (χ2v) is 5.01. The first-order valence-corrected chi connectivity index (χ1v) is 6.28. The van der Waals surface area contributed by atoms with Gasteiger partial charge in [0.2, 0.25) is 5.91 Å². The highest BCUT2D eigenvalue weighted by Crippen LogP contribution is 2.31. The summed E-state index contributed by atoms with van der Waals surface area (Å²) in [6, 6.07) is 4.42. The molecule has 1 saturated heterocycles. The Morgan fingerprint density at radius 1 is 1.44 bits per heavy atom. The number of likely N-dealkylation sites (N-methyl/N-ethyl adjacent to an activating group) is 1. The van der Waals surface area contributed by atoms with Crippen molar-refractivity contribution in [1.29, 1.82) is 0 Å². The van der Waals surface area contributed by atoms with Crippen LogP contribution in [0.15, 0.2) is 18.2 Å². The molecule has 1 aliphatic rings. The molecule has 3 nitrogen and oxygen atoms in total. The maximum atomic E-state index is 13.2. The summed E-state index contributed by atoms with van der Waals surface area (Å²) in [5, 5.41) is 0. The molecule has 98 valence electrons. The zero-order valence-electron chi connectivity index (χ0n) is 10.8. The molecule has 1 fully saturated rings. The lowest BCUT2D eigenvalue weighted by atomic mass is 9.93. The van der Waals surface area contributed by atoms with E-state index in [0.717, 1.165) is 24.0 Å². The van der Waals surface area contributed by atoms with Crippen LogP contribution in [0.4, 0.5) is 4.39 Å². The van der Waals surface area contributed by atoms with Crippen LogP contribution >= 0.6 is 0 Å². The standard InChI is InChI=1S/C14H19FN2O/c1-9-8-10(15)6-7-11(9)14-12(16)4-3-5-13(18)17(14)2/h6-8,12,14H,3-5,16H2,1-2H3. The summed E-state index contributed by atoms with van der Waals surface area (Å²) in [5.74, 6) is -0.149. The van der Waals surface area contributed by atoms with E-state index in [-0.39, 0.29) is 23.8 Å². The molecule has 18 heavy (non-hydrogen) atoms. The molecule has 1 amide bonds. The Morgan fingerprint density at radius 2 is 2.17 bits per heavy atom. The molecule has 0 spiro atoms. The number of nitrogens with zero attached hydrogens (tertiary/aromatic N) is 1. The average molecular weight is 250 g/mol. The summed E-state index contributed by atoms with van der Waals surface area (Å²) in [4.78, 5) is 13.6. The first-order chi connectivity index (χ1) is 8.50. The molecule has 2 rings (SSSR count). The number of rotatable bonds is 1. The van der Waals surface area contributed by atoms with Gasteiger partial charge in [-0.15, -0.1) is 0 Å². The molecule has 0 bridgehead atoms. The molecule has 0 aliphatic carbocycles. The molecular weight excluding hydrogens is 231 g/mol. The van der Waals surface area contributed by atoms with E-state index >= 15 is 0 Å². The molecule has 0 aromatic heterocycles. The van der Waals surface area contributed by atoms with Gasteiger partial charge in [-0.05, 0) is 43.0 Å². The largest absolute Gasteiger partial charge is 0.337 e. The first-order valence-electron chi connectivity index (χ1n) is 6.28. The quantitative estimate of drug-likeness (QED) is 0.830. The van der Waals surface area contributed by atoms with E-state index < -0.39 is 0 Å². The van der Waals surface area contributed by atoms with Crippen LogP contribution < -0.4 is 5.73 Å². The van der Waals surface area contributed by atoms with Crippen molar-refractivity contribution >= 4 is 5.91 Å². The monoisotopic (exact) mass is 250 g/mol. The van der Waals surface area contributed by atoms with E-state index in [4.69, 9.17) is 5.73 Å². The van der Waals surface area contributed by atoms with Crippen molar-refractivity contribution in [1.82, 2.24) is 4.90 Å². The Kier molecular flexibility index (Phi) is 3.66. The number of carbonyl (C=O) groups excluding carboxylic acids is 1. The summed E-state index contributed by atoms with van der Waals surface area (Å²) in [7, 11) is 1.78. The van der Waals surface area contributed by atoms with Crippen molar-refractivity contribution in [2.45, 2.75) is 38.3 Å². The van der Waals surface area contributed by atoms with E-state index in [1.54, 1.807) is 18.0 Å². The van der Waals surface area contributed by atoms with E-state index in [1.807, 2.05) is 6.92 Å². The number of carbonyl (C=O) groups is 1. The molecule has 1 aromatic rings. The van der Waals surface area contributed by atoms with Gasteiger partial charge < -0.3 is 10.6 Å². The Labute approximate surface area is 107 Å². The van der Waals surface area contributed by atoms with Crippen molar-refractivity contribution in [3.63, 3.8) is 0 Å². The number of hydrogen-bond donors (Lipinski definition) is 1. The zero-order chi connectivity index (χ0) is 13.3. The topological polar surface area (TPSA) is 46.3 Å². The van der Waals surface area contributed by atoms with Gasteiger partial charge in [0.25, 0.3) is 0 Å². The zero-order valence-corrected chi connectivity index (χ0v) is 10.8. The van der Waals surface area contributed by atoms with Gasteiger partial charge in [0.1, 0.15) is 5.82 Å². The molecule has 0 radical (unpaired) electrons. The Bertz CT molecular complexity index is 461. The minimum Gasteiger partial charge on any atom is -0.337 e. The molecule has 1 aliphatic heterocycles. The van der Waals surface area contributed by atoms with Crippen molar-refractivity contribution in [3.8, 4) is 0 Å². The number of halogens is 1. The van der Waals surface area contributed by atoms with Crippen LogP contribution in [0.3, 0.4) is 0 Å². The predicted molar refractivity (Wildman–Crippen MR) is 68.5 cm³/mol. The van der Waals surface area contributed by atoms with Crippen LogP contribution in [0.5, 0.6) is 0 Å². The van der Waals surface area contributed by atoms with Crippen LogP contribution in [0.2, 0.25) is 0 Å². The highest BCUT2D eigenvalue weighted by atomic mass is 19.1. The van der Waals surface area contributed by atoms with E-state index in [2.05, 4.69) is 0 Å². The summed E-state index contributed by atoms with van der Waals surface area (Å²) in [6.45, 7) is 1.86. The summed E-state index contributed by atoms with van der Waals surface area (Å²) in [6.07, 6.45) is 2.18. The van der Waals surface area contributed by atoms with Crippen molar-refractivity contribution in [2.75, 3.05) is 7.05 Å². The lowest BCUT2D eigenvalue weighted by molar-refractivity contribution is -0.131. The number of amides is 1. The highest BCUT2D eigenvalue weighted by Gasteiger charge is 2.31. The molecule has 2 unspecified atom stereocenters. The number of benzene rings is 1. The highest BCUT2D eigenvalue weighted by molar-refractivity contribution is 5.77. The van der Waals surface area contributed by atoms with Crippen LogP contribution in [-0.4, -0.2) is 23.9 Å². The van der Waals surface area contributed by atoms with Gasteiger partial charge >= 0.3 is 0 Å². The molecule has 0 saturated carbocycles. The fourth-order valence-corrected chi connectivity index (χ4v) is 2.68. The maximum absolute atomic E-state index is 13.2. The molecule has 1 aromatic carbocycles. The molecule has 1 heterocycles. The summed E-state index contributed by atoms with van der Waals surface area (Å²) >= 11 is 0. The van der Waals surface area contributed by atoms with Crippen molar-refractivity contribution < 1.29 is 9.18 Å². The summed E-state index contributed by atoms with van der Waals surface area (Å²) in [5.41, 5.74) is 7.97. The minimum absolute atomic E-state index is 0.0920. The third-order valence-electron chi connectivity index (χ3n) is 3.69. The van der Waals surface area contributed by atoms with Crippen LogP contribution in [0.1, 0.15) is 36.4 Å². The first kappa shape index (κ1) is 13.0. The third kappa shape index (κ3) is 2.38. The van der Waals surface area contributed by atoms with E-state index in [1.165, 1.54) is 12.1 Å². The van der Waals surface area contributed by atoms with E-state index in [0.29, 0.717) is 6.42 Å². The van der Waals surface area contributed by atoms with Crippen molar-refractivity contribution in [2.24, 2.45) is 5.73 Å². The second kappa shape index (κ2) is 5.06. The Hall–Kier alpha value is -1.42. The van der Waals surface area contributed by atoms with Gasteiger partial charge in [0.05, 0.1) is 6.04 Å². The molecule has 2 atom stereocenters. The smallest absolute Gasteiger partial charge is 0.222 e.